The fourth-order valence-corrected chi connectivity index (χ4v) is 2.53. The van der Waals surface area contributed by atoms with E-state index >= 15 is 0 Å². The molecule has 1 fully saturated rings. The number of hydrogen-bond donors (Lipinski definition) is 2. The molecular formula is C15H18N2O4. The Morgan fingerprint density at radius 1 is 1.48 bits per heavy atom. The lowest BCUT2D eigenvalue weighted by atomic mass is 10.1. The monoisotopic (exact) mass is 290 g/mol. The van der Waals surface area contributed by atoms with E-state index in [-0.39, 0.29) is 17.9 Å². The van der Waals surface area contributed by atoms with Gasteiger partial charge in [-0.25, -0.2) is 0 Å². The van der Waals surface area contributed by atoms with Crippen LogP contribution in [-0.2, 0) is 20.7 Å². The molecule has 6 nitrogen and oxygen atoms in total. The van der Waals surface area contributed by atoms with Crippen molar-refractivity contribution in [3.63, 3.8) is 0 Å². The average Bonchev–Trinajstić information content (AvgIpc) is 2.96. The lowest BCUT2D eigenvalue weighted by Crippen LogP contribution is -2.34. The summed E-state index contributed by atoms with van der Waals surface area (Å²) < 4.78 is 11.1. The van der Waals surface area contributed by atoms with E-state index in [4.69, 9.17) is 9.47 Å². The van der Waals surface area contributed by atoms with Crippen LogP contribution >= 0.6 is 0 Å². The van der Waals surface area contributed by atoms with Gasteiger partial charge in [0.2, 0.25) is 5.91 Å². The summed E-state index contributed by atoms with van der Waals surface area (Å²) in [5.74, 6) is -0.818. The highest BCUT2D eigenvalue weighted by molar-refractivity contribution is 6.02. The van der Waals surface area contributed by atoms with E-state index in [2.05, 4.69) is 10.6 Å². The summed E-state index contributed by atoms with van der Waals surface area (Å²) in [7, 11) is 0. The van der Waals surface area contributed by atoms with Gasteiger partial charge in [0.15, 0.2) is 5.79 Å². The lowest BCUT2D eigenvalue weighted by Gasteiger charge is -2.17. The second-order valence-corrected chi connectivity index (χ2v) is 5.76. The van der Waals surface area contributed by atoms with Crippen molar-refractivity contribution in [1.82, 2.24) is 5.32 Å². The van der Waals surface area contributed by atoms with Crippen LogP contribution in [0.5, 0.6) is 0 Å². The predicted octanol–water partition coefficient (Wildman–Crippen LogP) is 1.06. The molecule has 2 N–H and O–H groups in total. The fourth-order valence-electron chi connectivity index (χ4n) is 2.53. The van der Waals surface area contributed by atoms with Crippen molar-refractivity contribution in [2.45, 2.75) is 32.2 Å². The Kier molecular flexibility index (Phi) is 3.43. The quantitative estimate of drug-likeness (QED) is 0.873. The zero-order chi connectivity index (χ0) is 15.0. The molecule has 0 bridgehead atoms. The minimum absolute atomic E-state index is 0.0405. The number of nitrogens with one attached hydrogen (secondary N) is 2. The van der Waals surface area contributed by atoms with Crippen LogP contribution in [0.3, 0.4) is 0 Å². The maximum Gasteiger partial charge on any atom is 0.251 e. The fraction of sp³-hybridized carbons (Fsp3) is 0.467. The number of carbonyl (C=O) groups is 2. The van der Waals surface area contributed by atoms with Gasteiger partial charge in [-0.2, -0.15) is 0 Å². The number of fused-ring (bicyclic) bond motifs is 1. The molecule has 2 aliphatic rings. The van der Waals surface area contributed by atoms with Gasteiger partial charge in [-0.3, -0.25) is 9.59 Å². The van der Waals surface area contributed by atoms with Gasteiger partial charge in [0, 0.05) is 17.8 Å². The summed E-state index contributed by atoms with van der Waals surface area (Å²) in [6.45, 7) is 4.55. The minimum Gasteiger partial charge on any atom is -0.349 e. The standard InChI is InChI=1S/C15H18N2O4/c1-15(2)20-8-11(21-15)7-16-14(19)10-4-3-9-6-13(18)17-12(9)5-10/h3-5,11H,6-8H2,1-2H3,(H,16,19)(H,17,18). The number of ether oxygens (including phenoxy) is 2. The highest BCUT2D eigenvalue weighted by Crippen LogP contribution is 2.24. The molecule has 2 amide bonds. The van der Waals surface area contributed by atoms with E-state index in [0.717, 1.165) is 5.56 Å². The van der Waals surface area contributed by atoms with E-state index in [9.17, 15) is 9.59 Å². The van der Waals surface area contributed by atoms with Gasteiger partial charge in [-0.15, -0.1) is 0 Å². The number of benzene rings is 1. The van der Waals surface area contributed by atoms with Crippen LogP contribution in [0, 0.1) is 0 Å². The maximum atomic E-state index is 12.1. The van der Waals surface area contributed by atoms with Crippen LogP contribution in [0.15, 0.2) is 18.2 Å². The normalized spacial score (nSPS) is 22.8. The third-order valence-electron chi connectivity index (χ3n) is 3.55. The van der Waals surface area contributed by atoms with Crippen LogP contribution in [0.1, 0.15) is 29.8 Å². The first-order chi connectivity index (χ1) is 9.93. The zero-order valence-electron chi connectivity index (χ0n) is 12.1. The number of rotatable bonds is 3. The minimum atomic E-state index is -0.590. The molecule has 6 heteroatoms. The van der Waals surface area contributed by atoms with Crippen LogP contribution in [0.4, 0.5) is 5.69 Å². The number of anilines is 1. The zero-order valence-corrected chi connectivity index (χ0v) is 12.1. The molecule has 2 heterocycles. The third kappa shape index (κ3) is 3.06. The molecule has 21 heavy (non-hydrogen) atoms. The molecule has 0 spiro atoms. The lowest BCUT2D eigenvalue weighted by molar-refractivity contribution is -0.137. The average molecular weight is 290 g/mol. The van der Waals surface area contributed by atoms with Gasteiger partial charge in [-0.1, -0.05) is 6.07 Å². The first-order valence-corrected chi connectivity index (χ1v) is 6.96. The molecule has 2 aliphatic heterocycles. The molecule has 1 aromatic carbocycles. The Bertz CT molecular complexity index is 597. The van der Waals surface area contributed by atoms with E-state index in [1.54, 1.807) is 18.2 Å². The SMILES string of the molecule is CC1(C)OCC(CNC(=O)c2ccc3c(c2)NC(=O)C3)O1. The van der Waals surface area contributed by atoms with Crippen molar-refractivity contribution in [2.75, 3.05) is 18.5 Å². The highest BCUT2D eigenvalue weighted by Gasteiger charge is 2.32. The predicted molar refractivity (Wildman–Crippen MR) is 76.0 cm³/mol. The molecule has 3 rings (SSSR count). The molecule has 1 saturated heterocycles. The molecule has 1 unspecified atom stereocenters. The topological polar surface area (TPSA) is 76.7 Å². The van der Waals surface area contributed by atoms with Crippen molar-refractivity contribution in [1.29, 1.82) is 0 Å². The molecule has 0 aliphatic carbocycles. The summed E-state index contributed by atoms with van der Waals surface area (Å²) in [4.78, 5) is 23.4. The van der Waals surface area contributed by atoms with Gasteiger partial charge in [0.1, 0.15) is 6.10 Å². The maximum absolute atomic E-state index is 12.1. The largest absolute Gasteiger partial charge is 0.349 e. The second kappa shape index (κ2) is 5.13. The third-order valence-corrected chi connectivity index (χ3v) is 3.55. The Balaban J connectivity index is 1.59. The van der Waals surface area contributed by atoms with Gasteiger partial charge < -0.3 is 20.1 Å². The highest BCUT2D eigenvalue weighted by atomic mass is 16.7. The van der Waals surface area contributed by atoms with Gasteiger partial charge >= 0.3 is 0 Å². The van der Waals surface area contributed by atoms with Crippen LogP contribution in [0.2, 0.25) is 0 Å². The number of carbonyl (C=O) groups excluding carboxylic acids is 2. The van der Waals surface area contributed by atoms with E-state index < -0.39 is 5.79 Å². The summed E-state index contributed by atoms with van der Waals surface area (Å²) >= 11 is 0. The molecule has 112 valence electrons. The summed E-state index contributed by atoms with van der Waals surface area (Å²) in [5.41, 5.74) is 2.16. The van der Waals surface area contributed by atoms with Crippen LogP contribution in [0.25, 0.3) is 0 Å². The van der Waals surface area contributed by atoms with E-state index in [0.29, 0.717) is 30.8 Å². The number of hydrogen-bond acceptors (Lipinski definition) is 4. The molecule has 1 atom stereocenters. The van der Waals surface area contributed by atoms with Crippen molar-refractivity contribution < 1.29 is 19.1 Å². The van der Waals surface area contributed by atoms with Crippen LogP contribution in [-0.4, -0.2) is 36.9 Å². The molecule has 0 radical (unpaired) electrons. The molecule has 0 saturated carbocycles. The van der Waals surface area contributed by atoms with Crippen molar-refractivity contribution in [3.8, 4) is 0 Å². The molecule has 1 aromatic rings. The Morgan fingerprint density at radius 3 is 3.00 bits per heavy atom. The first-order valence-electron chi connectivity index (χ1n) is 6.96. The van der Waals surface area contributed by atoms with Gasteiger partial charge in [0.05, 0.1) is 13.0 Å². The summed E-state index contributed by atoms with van der Waals surface area (Å²) in [5, 5.41) is 5.56. The van der Waals surface area contributed by atoms with Crippen molar-refractivity contribution in [3.05, 3.63) is 29.3 Å². The number of amides is 2. The molecular weight excluding hydrogens is 272 g/mol. The van der Waals surface area contributed by atoms with Crippen LogP contribution < -0.4 is 10.6 Å². The van der Waals surface area contributed by atoms with Gasteiger partial charge in [-0.05, 0) is 31.5 Å². The van der Waals surface area contributed by atoms with Gasteiger partial charge in [0.25, 0.3) is 5.91 Å². The Hall–Kier alpha value is -1.92. The van der Waals surface area contributed by atoms with E-state index in [1.165, 1.54) is 0 Å². The first kappa shape index (κ1) is 14.0. The summed E-state index contributed by atoms with van der Waals surface area (Å²) in [6, 6.07) is 5.23. The summed E-state index contributed by atoms with van der Waals surface area (Å²) in [6.07, 6.45) is 0.234. The Morgan fingerprint density at radius 2 is 2.29 bits per heavy atom. The Labute approximate surface area is 122 Å². The van der Waals surface area contributed by atoms with Crippen molar-refractivity contribution in [2.24, 2.45) is 0 Å². The molecule has 0 aromatic heterocycles. The van der Waals surface area contributed by atoms with Crippen molar-refractivity contribution >= 4 is 17.5 Å². The van der Waals surface area contributed by atoms with E-state index in [1.807, 2.05) is 13.8 Å². The smallest absolute Gasteiger partial charge is 0.251 e. The second-order valence-electron chi connectivity index (χ2n) is 5.76.